The van der Waals surface area contributed by atoms with Crippen LogP contribution in [0.5, 0.6) is 0 Å². The molecular weight excluding hydrogens is 446 g/mol. The minimum Gasteiger partial charge on any atom is -0.361 e. The van der Waals surface area contributed by atoms with Crippen LogP contribution in [0.4, 0.5) is 5.82 Å². The first-order valence-corrected chi connectivity index (χ1v) is 12.8. The van der Waals surface area contributed by atoms with E-state index in [-0.39, 0.29) is 16.9 Å². The van der Waals surface area contributed by atoms with Gasteiger partial charge in [-0.1, -0.05) is 29.3 Å². The molecule has 3 aromatic rings. The van der Waals surface area contributed by atoms with Crippen molar-refractivity contribution in [3.8, 4) is 0 Å². The number of rotatable bonds is 6. The molecule has 2 aliphatic heterocycles. The Morgan fingerprint density at radius 3 is 2.71 bits per heavy atom. The molecule has 3 aliphatic rings. The number of carbonyl (C=O) groups is 1. The second-order valence-electron chi connectivity index (χ2n) is 10.00. The third kappa shape index (κ3) is 3.75. The lowest BCUT2D eigenvalue weighted by molar-refractivity contribution is -0.124. The van der Waals surface area contributed by atoms with E-state index in [4.69, 9.17) is 0 Å². The Hall–Kier alpha value is -2.97. The van der Waals surface area contributed by atoms with E-state index in [2.05, 4.69) is 59.0 Å². The highest BCUT2D eigenvalue weighted by molar-refractivity contribution is 7.12. The van der Waals surface area contributed by atoms with Crippen LogP contribution in [0, 0.1) is 13.8 Å². The molecule has 1 saturated carbocycles. The molecule has 6 rings (SSSR count). The lowest BCUT2D eigenvalue weighted by Crippen LogP contribution is -2.36. The Balaban J connectivity index is 1.22. The summed E-state index contributed by atoms with van der Waals surface area (Å²) in [7, 11) is 0. The van der Waals surface area contributed by atoms with Gasteiger partial charge in [0.15, 0.2) is 5.82 Å². The maximum atomic E-state index is 13.5. The summed E-state index contributed by atoms with van der Waals surface area (Å²) in [6.45, 7) is 6.97. The number of hydrogen-bond acceptors (Lipinski definition) is 6. The second kappa shape index (κ2) is 8.06. The summed E-state index contributed by atoms with van der Waals surface area (Å²) in [6.07, 6.45) is 4.51. The SMILES string of the molecule is Cc1cc(C)cc(CNc2ncc3n(c2=O)C(C(=O)NCc2cc4c(s2)CNC4)CC32CC2)c1. The number of benzene rings is 1. The molecular formula is C26H29N5O2S. The van der Waals surface area contributed by atoms with Gasteiger partial charge >= 0.3 is 0 Å². The molecule has 0 bridgehead atoms. The van der Waals surface area contributed by atoms with Crippen LogP contribution >= 0.6 is 11.3 Å². The number of hydrogen-bond donors (Lipinski definition) is 3. The number of aryl methyl sites for hydroxylation is 2. The molecule has 1 fully saturated rings. The summed E-state index contributed by atoms with van der Waals surface area (Å²) in [4.78, 5) is 33.7. The van der Waals surface area contributed by atoms with Crippen LogP contribution in [0.3, 0.4) is 0 Å². The summed E-state index contributed by atoms with van der Waals surface area (Å²) in [6, 6.07) is 8.04. The molecule has 0 saturated heterocycles. The van der Waals surface area contributed by atoms with Gasteiger partial charge in [0.25, 0.3) is 5.56 Å². The molecule has 3 N–H and O–H groups in total. The van der Waals surface area contributed by atoms with Crippen molar-refractivity contribution >= 4 is 23.1 Å². The molecule has 34 heavy (non-hydrogen) atoms. The van der Waals surface area contributed by atoms with Crippen LogP contribution in [0.25, 0.3) is 0 Å². The normalized spacial score (nSPS) is 19.2. The van der Waals surface area contributed by atoms with Gasteiger partial charge in [-0.25, -0.2) is 4.98 Å². The zero-order valence-corrected chi connectivity index (χ0v) is 20.3. The summed E-state index contributed by atoms with van der Waals surface area (Å²) >= 11 is 1.75. The highest BCUT2D eigenvalue weighted by Gasteiger charge is 2.55. The predicted molar refractivity (Wildman–Crippen MR) is 133 cm³/mol. The van der Waals surface area contributed by atoms with Gasteiger partial charge in [0.05, 0.1) is 6.54 Å². The molecule has 4 heterocycles. The Kier molecular flexibility index (Phi) is 5.11. The molecule has 8 heteroatoms. The van der Waals surface area contributed by atoms with E-state index >= 15 is 0 Å². The van der Waals surface area contributed by atoms with Crippen LogP contribution in [0.1, 0.15) is 63.0 Å². The molecule has 2 aromatic heterocycles. The predicted octanol–water partition coefficient (Wildman–Crippen LogP) is 3.43. The van der Waals surface area contributed by atoms with Gasteiger partial charge in [-0.3, -0.25) is 14.2 Å². The number of amides is 1. The lowest BCUT2D eigenvalue weighted by Gasteiger charge is -2.16. The molecule has 1 spiro atoms. The second-order valence-corrected chi connectivity index (χ2v) is 11.2. The van der Waals surface area contributed by atoms with E-state index in [1.807, 2.05) is 6.20 Å². The quantitative estimate of drug-likeness (QED) is 0.508. The minimum absolute atomic E-state index is 0.0594. The first-order valence-electron chi connectivity index (χ1n) is 11.9. The van der Waals surface area contributed by atoms with Crippen molar-refractivity contribution in [1.82, 2.24) is 20.2 Å². The van der Waals surface area contributed by atoms with Crippen LogP contribution < -0.4 is 21.5 Å². The van der Waals surface area contributed by atoms with Crippen molar-refractivity contribution in [1.29, 1.82) is 0 Å². The molecule has 1 amide bonds. The van der Waals surface area contributed by atoms with Crippen molar-refractivity contribution in [2.45, 2.75) is 70.7 Å². The first kappa shape index (κ1) is 21.6. The molecule has 7 nitrogen and oxygen atoms in total. The molecule has 0 radical (unpaired) electrons. The highest BCUT2D eigenvalue weighted by atomic mass is 32.1. The fraction of sp³-hybridized carbons (Fsp3) is 0.423. The number of carbonyl (C=O) groups excluding carboxylic acids is 1. The summed E-state index contributed by atoms with van der Waals surface area (Å²) < 4.78 is 1.71. The van der Waals surface area contributed by atoms with Crippen molar-refractivity contribution in [3.05, 3.63) is 78.5 Å². The van der Waals surface area contributed by atoms with E-state index in [1.165, 1.54) is 21.6 Å². The third-order valence-corrected chi connectivity index (χ3v) is 8.50. The maximum absolute atomic E-state index is 13.5. The van der Waals surface area contributed by atoms with Gasteiger partial charge in [0.2, 0.25) is 5.91 Å². The average molecular weight is 476 g/mol. The van der Waals surface area contributed by atoms with E-state index in [1.54, 1.807) is 15.9 Å². The van der Waals surface area contributed by atoms with Gasteiger partial charge in [-0.15, -0.1) is 11.3 Å². The maximum Gasteiger partial charge on any atom is 0.294 e. The van der Waals surface area contributed by atoms with E-state index in [9.17, 15) is 9.59 Å². The van der Waals surface area contributed by atoms with Gasteiger partial charge in [-0.05, 0) is 50.3 Å². The molecule has 1 aromatic carbocycles. The number of nitrogens with zero attached hydrogens (tertiary/aromatic N) is 2. The lowest BCUT2D eigenvalue weighted by atomic mass is 9.99. The smallest absolute Gasteiger partial charge is 0.294 e. The van der Waals surface area contributed by atoms with E-state index < -0.39 is 6.04 Å². The zero-order chi connectivity index (χ0) is 23.4. The fourth-order valence-electron chi connectivity index (χ4n) is 5.55. The molecule has 1 atom stereocenters. The Bertz CT molecular complexity index is 1310. The number of anilines is 1. The summed E-state index contributed by atoms with van der Waals surface area (Å²) in [5.41, 5.74) is 5.47. The van der Waals surface area contributed by atoms with Gasteiger partial charge in [-0.2, -0.15) is 0 Å². The van der Waals surface area contributed by atoms with Crippen LogP contribution in [-0.4, -0.2) is 15.5 Å². The fourth-order valence-corrected chi connectivity index (χ4v) is 6.65. The number of fused-ring (bicyclic) bond motifs is 3. The van der Waals surface area contributed by atoms with Crippen LogP contribution in [-0.2, 0) is 36.4 Å². The van der Waals surface area contributed by atoms with E-state index in [0.717, 1.165) is 42.1 Å². The topological polar surface area (TPSA) is 88.0 Å². The largest absolute Gasteiger partial charge is 0.361 e. The summed E-state index contributed by atoms with van der Waals surface area (Å²) in [5, 5.41) is 9.67. The molecule has 176 valence electrons. The number of nitrogens with one attached hydrogen (secondary N) is 3. The van der Waals surface area contributed by atoms with Crippen molar-refractivity contribution in [2.24, 2.45) is 0 Å². The zero-order valence-electron chi connectivity index (χ0n) is 19.5. The standard InChI is InChI=1S/C26H29N5O2S/c1-15-5-16(2)7-17(6-15)10-28-23-25(33)31-20(9-26(3-4-26)22(31)14-29-23)24(32)30-12-19-8-18-11-27-13-21(18)34-19/h5-8,14,20,27H,3-4,9-13H2,1-2H3,(H,28,29)(H,30,32). The number of thiophene rings is 1. The first-order chi connectivity index (χ1) is 16.4. The Labute approximate surface area is 202 Å². The van der Waals surface area contributed by atoms with Crippen molar-refractivity contribution in [2.75, 3.05) is 5.32 Å². The van der Waals surface area contributed by atoms with Crippen LogP contribution in [0.2, 0.25) is 0 Å². The summed E-state index contributed by atoms with van der Waals surface area (Å²) in [5.74, 6) is 0.228. The highest BCUT2D eigenvalue weighted by Crippen LogP contribution is 2.57. The monoisotopic (exact) mass is 475 g/mol. The van der Waals surface area contributed by atoms with Gasteiger partial charge in [0.1, 0.15) is 6.04 Å². The Morgan fingerprint density at radius 2 is 1.97 bits per heavy atom. The third-order valence-electron chi connectivity index (χ3n) is 7.32. The Morgan fingerprint density at radius 1 is 1.18 bits per heavy atom. The van der Waals surface area contributed by atoms with Gasteiger partial charge < -0.3 is 16.0 Å². The molecule has 1 aliphatic carbocycles. The molecule has 1 unspecified atom stereocenters. The van der Waals surface area contributed by atoms with Gasteiger partial charge in [0, 0.05) is 46.7 Å². The van der Waals surface area contributed by atoms with E-state index in [0.29, 0.717) is 25.3 Å². The number of aromatic nitrogens is 2. The van der Waals surface area contributed by atoms with Crippen LogP contribution in [0.15, 0.2) is 35.3 Å². The average Bonchev–Trinajstić information content (AvgIpc) is 3.10. The van der Waals surface area contributed by atoms with Crippen molar-refractivity contribution < 1.29 is 4.79 Å². The van der Waals surface area contributed by atoms with Crippen molar-refractivity contribution in [3.63, 3.8) is 0 Å². The minimum atomic E-state index is -0.483.